The van der Waals surface area contributed by atoms with E-state index in [9.17, 15) is 29.2 Å². The van der Waals surface area contributed by atoms with Crippen LogP contribution in [0.4, 0.5) is 5.69 Å². The summed E-state index contributed by atoms with van der Waals surface area (Å²) < 4.78 is 31.0. The summed E-state index contributed by atoms with van der Waals surface area (Å²) in [6.45, 7) is 6.95. The van der Waals surface area contributed by atoms with E-state index in [4.69, 9.17) is 23.7 Å². The first-order chi connectivity index (χ1) is 35.1. The first-order valence-electron chi connectivity index (χ1n) is 23.9. The predicted octanol–water partition coefficient (Wildman–Crippen LogP) is 4.08. The molecule has 8 rings (SSSR count). The highest BCUT2D eigenvalue weighted by atomic mass is 16.6. The Labute approximate surface area is 414 Å². The molecule has 3 aromatic carbocycles. The number of amides is 3. The Morgan fingerprint density at radius 3 is 2.26 bits per heavy atom. The van der Waals surface area contributed by atoms with Crippen LogP contribution in [0.25, 0.3) is 33.4 Å². The average Bonchev–Trinajstić information content (AvgIpc) is 3.40. The van der Waals surface area contributed by atoms with Gasteiger partial charge in [-0.15, -0.1) is 0 Å². The van der Waals surface area contributed by atoms with Gasteiger partial charge in [0.1, 0.15) is 12.6 Å². The summed E-state index contributed by atoms with van der Waals surface area (Å²) in [5, 5.41) is 24.9. The van der Waals surface area contributed by atoms with E-state index >= 15 is 0 Å². The Morgan fingerprint density at radius 1 is 0.792 bits per heavy atom. The van der Waals surface area contributed by atoms with Crippen molar-refractivity contribution in [2.24, 2.45) is 5.92 Å². The van der Waals surface area contributed by atoms with Gasteiger partial charge in [0, 0.05) is 54.3 Å². The molecule has 6 aromatic rings. The Bertz CT molecular complexity index is 3020. The van der Waals surface area contributed by atoms with Gasteiger partial charge in [-0.3, -0.25) is 29.3 Å². The monoisotopic (exact) mass is 980 g/mol. The number of benzene rings is 3. The lowest BCUT2D eigenvalue weighted by molar-refractivity contribution is -0.138. The van der Waals surface area contributed by atoms with Gasteiger partial charge >= 0.3 is 0 Å². The van der Waals surface area contributed by atoms with Gasteiger partial charge in [-0.05, 0) is 80.1 Å². The molecule has 72 heavy (non-hydrogen) atoms. The van der Waals surface area contributed by atoms with Crippen LogP contribution < -0.4 is 26.5 Å². The van der Waals surface area contributed by atoms with Gasteiger partial charge in [0.2, 0.25) is 11.8 Å². The molecule has 1 atom stereocenters. The van der Waals surface area contributed by atoms with Crippen molar-refractivity contribution < 1.29 is 38.1 Å². The summed E-state index contributed by atoms with van der Waals surface area (Å²) in [4.78, 5) is 73.4. The molecule has 3 amide bonds. The third-order valence-electron chi connectivity index (χ3n) is 12.3. The zero-order valence-electron chi connectivity index (χ0n) is 40.0. The number of imide groups is 1. The second-order valence-corrected chi connectivity index (χ2v) is 17.4. The lowest BCUT2D eigenvalue weighted by Crippen LogP contribution is -2.45. The van der Waals surface area contributed by atoms with Crippen molar-refractivity contribution >= 4 is 34.2 Å². The maximum Gasteiger partial charge on any atom is 0.275 e. The molecule has 0 bridgehead atoms. The number of hydrogen-bond acceptors (Lipinski definition) is 16. The van der Waals surface area contributed by atoms with Crippen molar-refractivity contribution in [3.63, 3.8) is 0 Å². The molecule has 2 N–H and O–H groups in total. The van der Waals surface area contributed by atoms with E-state index < -0.39 is 11.9 Å². The van der Waals surface area contributed by atoms with Gasteiger partial charge in [-0.25, -0.2) is 19.3 Å². The third kappa shape index (κ3) is 13.6. The number of aromatic nitrogens is 6. The quantitative estimate of drug-likeness (QED) is 0.0679. The first-order valence-corrected chi connectivity index (χ1v) is 23.9. The van der Waals surface area contributed by atoms with Crippen molar-refractivity contribution in [3.8, 4) is 34.5 Å². The predicted molar refractivity (Wildman–Crippen MR) is 264 cm³/mol. The molecule has 1 unspecified atom stereocenters. The zero-order chi connectivity index (χ0) is 50.2. The molecule has 0 saturated carbocycles. The number of nitrogens with zero attached hydrogens (tertiary/aromatic N) is 8. The number of carbonyl (C=O) groups excluding carboxylic acids is 3. The molecular weight excluding hydrogens is 925 g/mol. The van der Waals surface area contributed by atoms with Gasteiger partial charge < -0.3 is 33.9 Å². The van der Waals surface area contributed by atoms with E-state index in [1.165, 1.54) is 15.4 Å². The van der Waals surface area contributed by atoms with Gasteiger partial charge in [0.05, 0.1) is 100 Å². The zero-order valence-corrected chi connectivity index (χ0v) is 40.0. The number of ether oxygens (including phenoxy) is 5. The number of anilines is 1. The molecule has 2 fully saturated rings. The Kier molecular flexibility index (Phi) is 17.5. The number of fused-ring (bicyclic) bond motifs is 1. The molecule has 2 aliphatic heterocycles. The number of hydrogen-bond donors (Lipinski definition) is 2. The number of carbonyl (C=O) groups is 3. The summed E-state index contributed by atoms with van der Waals surface area (Å²) in [5.41, 5.74) is 4.27. The molecule has 0 spiro atoms. The molecule has 374 valence electrons. The van der Waals surface area contributed by atoms with Crippen molar-refractivity contribution in [1.82, 2.24) is 39.7 Å². The first kappa shape index (κ1) is 50.7. The number of likely N-dealkylation sites (tertiary alicyclic amines) is 1. The normalized spacial score (nSPS) is 15.1. The van der Waals surface area contributed by atoms with Crippen LogP contribution in [0.15, 0.2) is 101 Å². The van der Waals surface area contributed by atoms with Crippen LogP contribution in [0.5, 0.6) is 5.75 Å². The Hall–Kier alpha value is -7.70. The van der Waals surface area contributed by atoms with E-state index in [0.29, 0.717) is 112 Å². The fourth-order valence-electron chi connectivity index (χ4n) is 8.38. The second-order valence-electron chi connectivity index (χ2n) is 17.4. The summed E-state index contributed by atoms with van der Waals surface area (Å²) in [6, 6.07) is 24.5. The third-order valence-corrected chi connectivity index (χ3v) is 12.3. The number of nitrogens with one attached hydrogen (secondary N) is 2. The lowest BCUT2D eigenvalue weighted by Gasteiger charge is -2.31. The highest BCUT2D eigenvalue weighted by Gasteiger charge is 2.30. The number of aryl methyl sites for hydroxylation is 1. The van der Waals surface area contributed by atoms with Crippen LogP contribution >= 0.6 is 0 Å². The second kappa shape index (κ2) is 24.9. The summed E-state index contributed by atoms with van der Waals surface area (Å²) >= 11 is 0. The van der Waals surface area contributed by atoms with Gasteiger partial charge in [-0.2, -0.15) is 15.5 Å². The topological polar surface area (TPSA) is 244 Å². The minimum Gasteiger partial charge on any atom is -0.490 e. The van der Waals surface area contributed by atoms with Crippen LogP contribution in [0.1, 0.15) is 48.5 Å². The van der Waals surface area contributed by atoms with Crippen LogP contribution in [0.2, 0.25) is 0 Å². The van der Waals surface area contributed by atoms with Crippen LogP contribution in [-0.2, 0) is 39.9 Å². The standard InChI is InChI=1S/C52H56N10O10/c1-35-44-28-41(8-9-43(44)52(67)62(58-35)46-11-12-47(63)57-51(46)66)54-16-19-68-20-21-69-22-23-70-24-25-71-34-49(65)60-17-14-36(15-18-60)33-72-42-30-55-50(56-31-42)40-7-3-5-38(27-40)32-61-48(64)13-10-45(59-61)39-6-2-4-37(26-39)29-53/h2-10,13,26-28,30-31,36,46,54H,11-12,14-25,32-34H2,1H3,(H,57,63,66). The van der Waals surface area contributed by atoms with Crippen LogP contribution in [-0.4, -0.2) is 131 Å². The molecule has 3 aromatic heterocycles. The largest absolute Gasteiger partial charge is 0.490 e. The van der Waals surface area contributed by atoms with Gasteiger partial charge in [0.25, 0.3) is 17.0 Å². The summed E-state index contributed by atoms with van der Waals surface area (Å²) in [6.07, 6.45) is 5.30. The number of piperidine rings is 2. The van der Waals surface area contributed by atoms with E-state index in [-0.39, 0.29) is 54.8 Å². The van der Waals surface area contributed by atoms with Crippen molar-refractivity contribution in [3.05, 3.63) is 129 Å². The fraction of sp³-hybridized carbons (Fsp3) is 0.385. The molecule has 0 aliphatic carbocycles. The summed E-state index contributed by atoms with van der Waals surface area (Å²) in [7, 11) is 0. The van der Waals surface area contributed by atoms with E-state index in [1.807, 2.05) is 41.3 Å². The molecule has 20 nitrogen and oxygen atoms in total. The number of nitriles is 1. The highest BCUT2D eigenvalue weighted by Crippen LogP contribution is 2.24. The minimum absolute atomic E-state index is 0.00709. The summed E-state index contributed by atoms with van der Waals surface area (Å²) in [5.74, 6) is 0.434. The van der Waals surface area contributed by atoms with Crippen molar-refractivity contribution in [2.75, 3.05) is 84.4 Å². The SMILES string of the molecule is Cc1nn(C2CCC(=O)NC2=O)c(=O)c2ccc(NCCOCCOCCOCCOCC(=O)N3CCC(COc4cnc(-c5cccc(Cn6nc(-c7cccc(C#N)c7)ccc6=O)c5)nc4)CC3)cc12. The van der Waals surface area contributed by atoms with Gasteiger partial charge in [0.15, 0.2) is 11.6 Å². The average molecular weight is 981 g/mol. The molecule has 2 aliphatic rings. The molecular formula is C52H56N10O10. The lowest BCUT2D eigenvalue weighted by atomic mass is 9.98. The molecule has 2 saturated heterocycles. The number of rotatable bonds is 23. The van der Waals surface area contributed by atoms with Gasteiger partial charge in [-0.1, -0.05) is 30.3 Å². The smallest absolute Gasteiger partial charge is 0.275 e. The van der Waals surface area contributed by atoms with E-state index in [1.54, 1.807) is 55.7 Å². The minimum atomic E-state index is -0.818. The Balaban J connectivity index is 0.640. The van der Waals surface area contributed by atoms with E-state index in [0.717, 1.165) is 35.2 Å². The van der Waals surface area contributed by atoms with Crippen molar-refractivity contribution in [1.29, 1.82) is 5.26 Å². The van der Waals surface area contributed by atoms with Crippen LogP contribution in [0, 0.1) is 24.2 Å². The van der Waals surface area contributed by atoms with Crippen LogP contribution in [0.3, 0.4) is 0 Å². The molecule has 5 heterocycles. The highest BCUT2D eigenvalue weighted by molar-refractivity contribution is 5.99. The Morgan fingerprint density at radius 2 is 1.51 bits per heavy atom. The molecule has 0 radical (unpaired) electrons. The fourth-order valence-corrected chi connectivity index (χ4v) is 8.38. The van der Waals surface area contributed by atoms with E-state index in [2.05, 4.69) is 36.9 Å². The van der Waals surface area contributed by atoms with Crippen molar-refractivity contribution in [2.45, 2.75) is 45.2 Å². The maximum absolute atomic E-state index is 13.2. The molecule has 20 heteroatoms. The maximum atomic E-state index is 13.2.